The highest BCUT2D eigenvalue weighted by Gasteiger charge is 2.11. The molecule has 0 aliphatic heterocycles. The predicted octanol–water partition coefficient (Wildman–Crippen LogP) is 4.89. The van der Waals surface area contributed by atoms with Crippen LogP contribution in [0.15, 0.2) is 78.9 Å². The number of fused-ring (bicyclic) bond motifs is 2. The van der Waals surface area contributed by atoms with Crippen molar-refractivity contribution in [3.05, 3.63) is 84.7 Å². The summed E-state index contributed by atoms with van der Waals surface area (Å²) >= 11 is 0. The molecule has 0 atom stereocenters. The Morgan fingerprint density at radius 1 is 1.06 bits per heavy atom. The van der Waals surface area contributed by atoms with Gasteiger partial charge < -0.3 is 14.6 Å². The molecule has 0 radical (unpaired) electrons. The highest BCUT2D eigenvalue weighted by atomic mass is 16.5. The Morgan fingerprint density at radius 3 is 2.77 bits per heavy atom. The maximum absolute atomic E-state index is 11.6. The van der Waals surface area contributed by atoms with Gasteiger partial charge in [0.2, 0.25) is 5.91 Å². The Hall–Kier alpha value is -3.60. The van der Waals surface area contributed by atoms with Gasteiger partial charge in [0.25, 0.3) is 0 Å². The molecule has 0 aliphatic carbocycles. The first-order valence-corrected chi connectivity index (χ1v) is 10.7. The molecule has 0 saturated carbocycles. The second-order valence-corrected chi connectivity index (χ2v) is 7.39. The summed E-state index contributed by atoms with van der Waals surface area (Å²) < 4.78 is 8.40. The molecular weight excluding hydrogens is 386 g/mol. The van der Waals surface area contributed by atoms with E-state index < -0.39 is 0 Å². The molecule has 0 unspecified atom stereocenters. The fourth-order valence-corrected chi connectivity index (χ4v) is 3.80. The lowest BCUT2D eigenvalue weighted by atomic mass is 10.1. The van der Waals surface area contributed by atoms with E-state index in [1.165, 1.54) is 5.39 Å². The number of ether oxygens (including phenoxy) is 1. The Morgan fingerprint density at radius 2 is 1.87 bits per heavy atom. The van der Waals surface area contributed by atoms with Crippen molar-refractivity contribution in [3.63, 3.8) is 0 Å². The average molecular weight is 414 g/mol. The summed E-state index contributed by atoms with van der Waals surface area (Å²) in [5.74, 6) is 1.86. The van der Waals surface area contributed by atoms with Crippen LogP contribution in [0.3, 0.4) is 0 Å². The maximum Gasteiger partial charge on any atom is 0.243 e. The summed E-state index contributed by atoms with van der Waals surface area (Å²) in [7, 11) is 0. The molecule has 4 rings (SSSR count). The molecule has 1 N–H and O–H groups in total. The van der Waals surface area contributed by atoms with Crippen LogP contribution < -0.4 is 10.1 Å². The summed E-state index contributed by atoms with van der Waals surface area (Å²) in [5, 5.41) is 5.20. The minimum absolute atomic E-state index is 0.0560. The maximum atomic E-state index is 11.6. The van der Waals surface area contributed by atoms with Crippen molar-refractivity contribution in [1.29, 1.82) is 0 Å². The molecule has 0 fully saturated rings. The number of aryl methyl sites for hydroxylation is 1. The number of amides is 1. The largest absolute Gasteiger partial charge is 0.491 e. The van der Waals surface area contributed by atoms with Gasteiger partial charge in [0, 0.05) is 18.4 Å². The van der Waals surface area contributed by atoms with Gasteiger partial charge in [-0.15, -0.1) is 0 Å². The van der Waals surface area contributed by atoms with Crippen LogP contribution in [0.25, 0.3) is 21.8 Å². The molecule has 3 aromatic carbocycles. The summed E-state index contributed by atoms with van der Waals surface area (Å²) in [6, 6.07) is 22.6. The lowest BCUT2D eigenvalue weighted by Gasteiger charge is -2.12. The number of imidazole rings is 1. The number of hydrogen-bond acceptors (Lipinski definition) is 3. The van der Waals surface area contributed by atoms with Crippen molar-refractivity contribution >= 4 is 27.7 Å². The van der Waals surface area contributed by atoms with E-state index in [0.717, 1.165) is 40.8 Å². The molecule has 1 heterocycles. The van der Waals surface area contributed by atoms with Crippen molar-refractivity contribution in [2.75, 3.05) is 13.2 Å². The van der Waals surface area contributed by atoms with Gasteiger partial charge in [-0.1, -0.05) is 54.6 Å². The molecule has 158 valence electrons. The van der Waals surface area contributed by atoms with Crippen molar-refractivity contribution < 1.29 is 9.53 Å². The Balaban J connectivity index is 1.45. The van der Waals surface area contributed by atoms with Crippen LogP contribution >= 0.6 is 0 Å². The minimum atomic E-state index is -0.0560. The van der Waals surface area contributed by atoms with E-state index >= 15 is 0 Å². The second kappa shape index (κ2) is 9.94. The molecule has 0 spiro atoms. The van der Waals surface area contributed by atoms with E-state index in [1.807, 2.05) is 49.4 Å². The SMILES string of the molecule is C/C=C\C(=O)NCCCc1nc2ccccc2n1CCOc1cccc2ccccc12. The zero-order valence-corrected chi connectivity index (χ0v) is 17.8. The topological polar surface area (TPSA) is 56.2 Å². The van der Waals surface area contributed by atoms with Gasteiger partial charge in [-0.3, -0.25) is 4.79 Å². The summed E-state index contributed by atoms with van der Waals surface area (Å²) in [5.41, 5.74) is 2.09. The first-order valence-electron chi connectivity index (χ1n) is 10.7. The van der Waals surface area contributed by atoms with Crippen molar-refractivity contribution in [3.8, 4) is 5.75 Å². The van der Waals surface area contributed by atoms with Gasteiger partial charge in [0.1, 0.15) is 18.2 Å². The standard InChI is InChI=1S/C26H27N3O2/c1-2-9-26(30)27-17-8-16-25-28-22-13-5-6-14-23(22)29(25)18-19-31-24-15-7-11-20-10-3-4-12-21(20)24/h2-7,9-15H,8,16-19H2,1H3,(H,27,30)/b9-2-. The van der Waals surface area contributed by atoms with E-state index in [4.69, 9.17) is 9.72 Å². The second-order valence-electron chi connectivity index (χ2n) is 7.39. The minimum Gasteiger partial charge on any atom is -0.491 e. The van der Waals surface area contributed by atoms with E-state index in [9.17, 15) is 4.79 Å². The molecule has 0 aliphatic rings. The van der Waals surface area contributed by atoms with Crippen LogP contribution in [0.4, 0.5) is 0 Å². The quantitative estimate of drug-likeness (QED) is 0.314. The summed E-state index contributed by atoms with van der Waals surface area (Å²) in [4.78, 5) is 16.4. The number of rotatable bonds is 9. The zero-order chi connectivity index (χ0) is 21.5. The van der Waals surface area contributed by atoms with Crippen LogP contribution in [0, 0.1) is 0 Å². The molecule has 1 aromatic heterocycles. The normalized spacial score (nSPS) is 11.4. The third-order valence-corrected chi connectivity index (χ3v) is 5.25. The Bertz CT molecular complexity index is 1200. The smallest absolute Gasteiger partial charge is 0.243 e. The average Bonchev–Trinajstić information content (AvgIpc) is 3.14. The highest BCUT2D eigenvalue weighted by Crippen LogP contribution is 2.25. The predicted molar refractivity (Wildman–Crippen MR) is 125 cm³/mol. The lowest BCUT2D eigenvalue weighted by molar-refractivity contribution is -0.116. The van der Waals surface area contributed by atoms with Crippen molar-refractivity contribution in [2.45, 2.75) is 26.3 Å². The number of carbonyl (C=O) groups excluding carboxylic acids is 1. The number of nitrogens with zero attached hydrogens (tertiary/aromatic N) is 2. The van der Waals surface area contributed by atoms with Crippen LogP contribution in [0.5, 0.6) is 5.75 Å². The van der Waals surface area contributed by atoms with Crippen LogP contribution in [0.2, 0.25) is 0 Å². The van der Waals surface area contributed by atoms with Gasteiger partial charge in [0.05, 0.1) is 17.6 Å². The molecule has 4 aromatic rings. The Kier molecular flexibility index (Phi) is 6.62. The monoisotopic (exact) mass is 413 g/mol. The molecule has 0 bridgehead atoms. The third-order valence-electron chi connectivity index (χ3n) is 5.25. The molecule has 31 heavy (non-hydrogen) atoms. The highest BCUT2D eigenvalue weighted by molar-refractivity contribution is 5.88. The van der Waals surface area contributed by atoms with Crippen molar-refractivity contribution in [1.82, 2.24) is 14.9 Å². The number of aromatic nitrogens is 2. The molecule has 0 saturated heterocycles. The first-order chi connectivity index (χ1) is 15.3. The van der Waals surface area contributed by atoms with Crippen molar-refractivity contribution in [2.24, 2.45) is 0 Å². The Labute approximate surface area is 182 Å². The van der Waals surface area contributed by atoms with Gasteiger partial charge in [0.15, 0.2) is 0 Å². The van der Waals surface area contributed by atoms with Gasteiger partial charge in [-0.05, 0) is 43.0 Å². The van der Waals surface area contributed by atoms with Gasteiger partial charge in [-0.25, -0.2) is 4.98 Å². The molecule has 1 amide bonds. The van der Waals surface area contributed by atoms with Crippen LogP contribution in [0.1, 0.15) is 19.2 Å². The summed E-state index contributed by atoms with van der Waals surface area (Å²) in [6.07, 6.45) is 4.90. The number of para-hydroxylation sites is 2. The van der Waals surface area contributed by atoms with E-state index in [1.54, 1.807) is 12.2 Å². The van der Waals surface area contributed by atoms with Gasteiger partial charge >= 0.3 is 0 Å². The molecule has 5 nitrogen and oxygen atoms in total. The molecular formula is C26H27N3O2. The fraction of sp³-hybridized carbons (Fsp3) is 0.231. The number of hydrogen-bond donors (Lipinski definition) is 1. The summed E-state index contributed by atoms with van der Waals surface area (Å²) in [6.45, 7) is 3.73. The van der Waals surface area contributed by atoms with E-state index in [0.29, 0.717) is 19.7 Å². The van der Waals surface area contributed by atoms with Gasteiger partial charge in [-0.2, -0.15) is 0 Å². The number of nitrogens with one attached hydrogen (secondary N) is 1. The number of allylic oxidation sites excluding steroid dienone is 1. The fourth-order valence-electron chi connectivity index (χ4n) is 3.80. The third kappa shape index (κ3) is 4.94. The van der Waals surface area contributed by atoms with Crippen LogP contribution in [-0.4, -0.2) is 28.6 Å². The van der Waals surface area contributed by atoms with E-state index in [-0.39, 0.29) is 5.91 Å². The van der Waals surface area contributed by atoms with E-state index in [2.05, 4.69) is 34.1 Å². The first kappa shape index (κ1) is 20.7. The molecule has 5 heteroatoms. The number of carbonyl (C=O) groups is 1. The van der Waals surface area contributed by atoms with Crippen LogP contribution in [-0.2, 0) is 17.8 Å². The lowest BCUT2D eigenvalue weighted by Crippen LogP contribution is -2.23. The number of benzene rings is 3. The zero-order valence-electron chi connectivity index (χ0n) is 17.8.